The van der Waals surface area contributed by atoms with Crippen LogP contribution in [0.5, 0.6) is 0 Å². The van der Waals surface area contributed by atoms with Crippen LogP contribution in [0.1, 0.15) is 98.2 Å². The molecular weight excluding hydrogens is 783 g/mol. The number of aliphatic hydroxyl groups is 1. The van der Waals surface area contributed by atoms with E-state index >= 15 is 0 Å². The summed E-state index contributed by atoms with van der Waals surface area (Å²) in [6, 6.07) is 31.8. The van der Waals surface area contributed by atoms with E-state index in [2.05, 4.69) is 170 Å². The highest BCUT2D eigenvalue weighted by atomic mass is 32.1. The van der Waals surface area contributed by atoms with Gasteiger partial charge in [0.1, 0.15) is 6.10 Å². The second-order valence-corrected chi connectivity index (χ2v) is 28.0. The third-order valence-electron chi connectivity index (χ3n) is 12.9. The van der Waals surface area contributed by atoms with Crippen LogP contribution in [0, 0.1) is 24.2 Å². The first kappa shape index (κ1) is 46.6. The quantitative estimate of drug-likeness (QED) is 0.0782. The smallest absolute Gasteiger partial charge is 0.309 e. The van der Waals surface area contributed by atoms with Crippen LogP contribution in [-0.2, 0) is 18.4 Å². The molecule has 6 atom stereocenters. The minimum absolute atomic E-state index is 0.0162. The van der Waals surface area contributed by atoms with Crippen molar-refractivity contribution in [3.63, 3.8) is 0 Å². The molecule has 0 fully saturated rings. The van der Waals surface area contributed by atoms with Gasteiger partial charge in [-0.1, -0.05) is 152 Å². The summed E-state index contributed by atoms with van der Waals surface area (Å²) in [5, 5.41) is 18.9. The standard InChI is InChI=1S/C50H69NO5SSi2/c1-36-25-17-12-13-24-32-44(37(2)33-40-35-57-39(4)51-40)54-46(53)34-45(52)50(8,9)48(38(3)47(36)55-58(10,11)49(5,6)7)56-59(41-26-18-14-19-27-41,42-28-20-15-21-29-42)43-30-22-16-23-31-43/h13-16,18-24,26-31,33,35-36,38,44-45,47-48,52H,12,17,25,32,34H2,1-11H3/b24-13+,37-33-/t36-,38+,44-,45+,47-,48?/m0/s1. The number of benzene rings is 3. The molecule has 0 bridgehead atoms. The summed E-state index contributed by atoms with van der Waals surface area (Å²) in [5.41, 5.74) is 0.847. The highest BCUT2D eigenvalue weighted by Gasteiger charge is 2.53. The lowest BCUT2D eigenvalue weighted by molar-refractivity contribution is -0.154. The number of esters is 1. The molecule has 1 N–H and O–H groups in total. The van der Waals surface area contributed by atoms with Crippen molar-refractivity contribution >= 4 is 55.6 Å². The number of rotatable bonds is 9. The van der Waals surface area contributed by atoms with Crippen LogP contribution < -0.4 is 15.6 Å². The number of cyclic esters (lactones) is 1. The van der Waals surface area contributed by atoms with Crippen molar-refractivity contribution in [2.24, 2.45) is 17.3 Å². The Morgan fingerprint density at radius 2 is 1.44 bits per heavy atom. The number of hydrogen-bond donors (Lipinski definition) is 1. The van der Waals surface area contributed by atoms with Crippen molar-refractivity contribution in [1.29, 1.82) is 0 Å². The van der Waals surface area contributed by atoms with Crippen LogP contribution in [-0.4, -0.2) is 57.1 Å². The van der Waals surface area contributed by atoms with Crippen LogP contribution in [0.15, 0.2) is 114 Å². The van der Waals surface area contributed by atoms with Gasteiger partial charge in [-0.2, -0.15) is 0 Å². The predicted molar refractivity (Wildman–Crippen MR) is 252 cm³/mol. The van der Waals surface area contributed by atoms with Gasteiger partial charge in [-0.05, 0) is 84.4 Å². The van der Waals surface area contributed by atoms with Gasteiger partial charge >= 0.3 is 5.97 Å². The molecule has 1 aliphatic heterocycles. The van der Waals surface area contributed by atoms with E-state index in [1.165, 1.54) is 0 Å². The van der Waals surface area contributed by atoms with Crippen molar-refractivity contribution in [2.45, 2.75) is 137 Å². The number of nitrogens with zero attached hydrogens (tertiary/aromatic N) is 1. The molecule has 0 spiro atoms. The summed E-state index contributed by atoms with van der Waals surface area (Å²) < 4.78 is 21.9. The van der Waals surface area contributed by atoms with Gasteiger partial charge in [-0.3, -0.25) is 4.79 Å². The van der Waals surface area contributed by atoms with E-state index in [1.54, 1.807) is 11.3 Å². The van der Waals surface area contributed by atoms with Crippen LogP contribution in [0.25, 0.3) is 6.08 Å². The van der Waals surface area contributed by atoms with Gasteiger partial charge in [0.05, 0.1) is 35.4 Å². The average Bonchev–Trinajstić information content (AvgIpc) is 3.61. The first-order valence-corrected chi connectivity index (χ1v) is 27.2. The number of aromatic nitrogens is 1. The van der Waals surface area contributed by atoms with Crippen molar-refractivity contribution in [3.8, 4) is 0 Å². The molecule has 1 unspecified atom stereocenters. The molecular formula is C50H69NO5SSi2. The number of aliphatic hydroxyl groups excluding tert-OH is 1. The maximum absolute atomic E-state index is 14.1. The molecule has 9 heteroatoms. The molecule has 318 valence electrons. The molecule has 0 aliphatic carbocycles. The van der Waals surface area contributed by atoms with Gasteiger partial charge in [0.25, 0.3) is 8.32 Å². The van der Waals surface area contributed by atoms with Crippen molar-refractivity contribution in [3.05, 3.63) is 125 Å². The number of hydrogen-bond acceptors (Lipinski definition) is 7. The first-order valence-electron chi connectivity index (χ1n) is 21.5. The molecule has 6 nitrogen and oxygen atoms in total. The molecule has 0 saturated carbocycles. The van der Waals surface area contributed by atoms with E-state index in [4.69, 9.17) is 13.6 Å². The molecule has 2 heterocycles. The SMILES string of the molecule is C/C(=C/c1csc(C)n1)[C@@H]1C/C=C/CCC[C@H](C)[C@H](O[Si](C)(C)C(C)(C)C)[C@@H](C)C(O[Si](c2ccccc2)(c2ccccc2)c2ccccc2)C(C)(C)[C@H](O)CC(=O)O1. The summed E-state index contributed by atoms with van der Waals surface area (Å²) in [4.78, 5) is 18.7. The number of thiazole rings is 1. The molecule has 3 aromatic carbocycles. The monoisotopic (exact) mass is 851 g/mol. The second kappa shape index (κ2) is 20.0. The number of carbonyl (C=O) groups excluding carboxylic acids is 1. The number of carbonyl (C=O) groups is 1. The zero-order valence-corrected chi connectivity index (χ0v) is 40.2. The van der Waals surface area contributed by atoms with Crippen LogP contribution in [0.4, 0.5) is 0 Å². The molecule has 59 heavy (non-hydrogen) atoms. The minimum atomic E-state index is -3.31. The Morgan fingerprint density at radius 1 is 0.898 bits per heavy atom. The first-order chi connectivity index (χ1) is 27.9. The predicted octanol–water partition coefficient (Wildman–Crippen LogP) is 10.4. The maximum Gasteiger partial charge on any atom is 0.309 e. The highest BCUT2D eigenvalue weighted by molar-refractivity contribution is 7.09. The van der Waals surface area contributed by atoms with Gasteiger partial charge < -0.3 is 18.7 Å². The summed E-state index contributed by atoms with van der Waals surface area (Å²) in [6.07, 6.45) is 7.32. The van der Waals surface area contributed by atoms with Gasteiger partial charge in [-0.15, -0.1) is 11.3 Å². The lowest BCUT2D eigenvalue weighted by Crippen LogP contribution is -2.72. The third-order valence-corrected chi connectivity index (χ3v) is 22.2. The van der Waals surface area contributed by atoms with E-state index in [-0.39, 0.29) is 29.4 Å². The number of aryl methyl sites for hydroxylation is 1. The Bertz CT molecular complexity index is 1890. The zero-order valence-electron chi connectivity index (χ0n) is 37.4. The molecule has 4 aromatic rings. The normalized spacial score (nSPS) is 24.9. The summed E-state index contributed by atoms with van der Waals surface area (Å²) in [7, 11) is -5.62. The Balaban J connectivity index is 1.68. The maximum atomic E-state index is 14.1. The topological polar surface area (TPSA) is 77.9 Å². The van der Waals surface area contributed by atoms with Crippen molar-refractivity contribution in [2.75, 3.05) is 0 Å². The Labute approximate surface area is 361 Å². The Hall–Kier alpha value is -3.45. The molecule has 1 aromatic heterocycles. The second-order valence-electron chi connectivity index (χ2n) is 18.8. The third kappa shape index (κ3) is 11.3. The fraction of sp³-hybridized carbons (Fsp3) is 0.480. The number of allylic oxidation sites excluding steroid dienone is 1. The van der Waals surface area contributed by atoms with E-state index in [1.807, 2.05) is 25.3 Å². The fourth-order valence-electron chi connectivity index (χ4n) is 8.26. The van der Waals surface area contributed by atoms with Gasteiger partial charge in [0.2, 0.25) is 0 Å². The minimum Gasteiger partial charge on any atom is -0.457 e. The number of ether oxygens (including phenoxy) is 1. The zero-order chi connectivity index (χ0) is 43.0. The largest absolute Gasteiger partial charge is 0.457 e. The average molecular weight is 852 g/mol. The summed E-state index contributed by atoms with van der Waals surface area (Å²) in [6.45, 7) is 24.3. The van der Waals surface area contributed by atoms with Crippen molar-refractivity contribution in [1.82, 2.24) is 4.98 Å². The fourth-order valence-corrected chi connectivity index (χ4v) is 14.6. The van der Waals surface area contributed by atoms with Crippen LogP contribution >= 0.6 is 11.3 Å². The molecule has 5 rings (SSSR count). The molecule has 0 radical (unpaired) electrons. The molecule has 0 saturated heterocycles. The Kier molecular flexibility index (Phi) is 15.8. The van der Waals surface area contributed by atoms with E-state index in [0.717, 1.165) is 51.1 Å². The van der Waals surface area contributed by atoms with Gasteiger partial charge in [0.15, 0.2) is 8.32 Å². The van der Waals surface area contributed by atoms with Crippen molar-refractivity contribution < 1.29 is 23.5 Å². The Morgan fingerprint density at radius 3 is 1.93 bits per heavy atom. The van der Waals surface area contributed by atoms with E-state index in [9.17, 15) is 9.90 Å². The van der Waals surface area contributed by atoms with Gasteiger partial charge in [0, 0.05) is 23.1 Å². The summed E-state index contributed by atoms with van der Waals surface area (Å²) in [5.74, 6) is -0.416. The van der Waals surface area contributed by atoms with Gasteiger partial charge in [-0.25, -0.2) is 4.98 Å². The van der Waals surface area contributed by atoms with Crippen LogP contribution in [0.3, 0.4) is 0 Å². The molecule has 1 aliphatic rings. The highest BCUT2D eigenvalue weighted by Crippen LogP contribution is 2.44. The molecule has 0 amide bonds. The lowest BCUT2D eigenvalue weighted by atomic mass is 9.71. The van der Waals surface area contributed by atoms with E-state index < -0.39 is 46.3 Å². The van der Waals surface area contributed by atoms with Crippen LogP contribution in [0.2, 0.25) is 18.1 Å². The lowest BCUT2D eigenvalue weighted by Gasteiger charge is -2.51. The summed E-state index contributed by atoms with van der Waals surface area (Å²) >= 11 is 1.60. The van der Waals surface area contributed by atoms with E-state index in [0.29, 0.717) is 6.42 Å².